The number of hydrogen-bond acceptors (Lipinski definition) is 5. The van der Waals surface area contributed by atoms with E-state index in [0.717, 1.165) is 63.8 Å². The van der Waals surface area contributed by atoms with Gasteiger partial charge in [0.2, 0.25) is 21.8 Å². The van der Waals surface area contributed by atoms with Gasteiger partial charge in [-0.05, 0) is 66.8 Å². The lowest BCUT2D eigenvalue weighted by atomic mass is 9.94. The van der Waals surface area contributed by atoms with E-state index in [-0.39, 0.29) is 24.9 Å². The molecule has 0 spiro atoms. The SMILES string of the molecule is COc1cccc(CN(C(=O)CN(c2ccc(Br)c(C)c2)S(C)(=O)=O)[C@@H](Cc2ccccc2)C(=O)NC2CCCCC2)c1. The second-order valence-electron chi connectivity index (χ2n) is 11.1. The van der Waals surface area contributed by atoms with Gasteiger partial charge in [-0.3, -0.25) is 13.9 Å². The number of carbonyl (C=O) groups excluding carboxylic acids is 2. The van der Waals surface area contributed by atoms with Crippen LogP contribution in [0.2, 0.25) is 0 Å². The van der Waals surface area contributed by atoms with Crippen molar-refractivity contribution in [3.63, 3.8) is 0 Å². The third kappa shape index (κ3) is 9.06. The summed E-state index contributed by atoms with van der Waals surface area (Å²) < 4.78 is 33.4. The number of ether oxygens (including phenoxy) is 1. The van der Waals surface area contributed by atoms with Gasteiger partial charge in [0.1, 0.15) is 18.3 Å². The van der Waals surface area contributed by atoms with Crippen LogP contribution in [0.25, 0.3) is 0 Å². The third-order valence-corrected chi connectivity index (χ3v) is 9.85. The van der Waals surface area contributed by atoms with Crippen LogP contribution in [-0.2, 0) is 32.6 Å². The summed E-state index contributed by atoms with van der Waals surface area (Å²) in [5, 5.41) is 3.22. The van der Waals surface area contributed by atoms with Gasteiger partial charge in [0.15, 0.2) is 0 Å². The van der Waals surface area contributed by atoms with Gasteiger partial charge in [0, 0.05) is 23.5 Å². The van der Waals surface area contributed by atoms with Crippen LogP contribution in [0.1, 0.15) is 48.8 Å². The molecule has 2 amide bonds. The first kappa shape index (κ1) is 32.5. The molecule has 1 fully saturated rings. The lowest BCUT2D eigenvalue weighted by molar-refractivity contribution is -0.140. The third-order valence-electron chi connectivity index (χ3n) is 7.82. The lowest BCUT2D eigenvalue weighted by Gasteiger charge is -2.35. The van der Waals surface area contributed by atoms with Gasteiger partial charge >= 0.3 is 0 Å². The zero-order valence-corrected chi connectivity index (χ0v) is 27.4. The fraction of sp³-hybridized carbons (Fsp3) is 0.394. The van der Waals surface area contributed by atoms with Gasteiger partial charge in [-0.15, -0.1) is 0 Å². The second kappa shape index (κ2) is 14.9. The van der Waals surface area contributed by atoms with E-state index in [0.29, 0.717) is 11.4 Å². The molecular formula is C33H40BrN3O5S. The minimum Gasteiger partial charge on any atom is -0.497 e. The van der Waals surface area contributed by atoms with Crippen molar-refractivity contribution in [1.82, 2.24) is 10.2 Å². The van der Waals surface area contributed by atoms with E-state index in [1.54, 1.807) is 25.3 Å². The summed E-state index contributed by atoms with van der Waals surface area (Å²) in [5.41, 5.74) is 2.88. The number of sulfonamides is 1. The van der Waals surface area contributed by atoms with Crippen molar-refractivity contribution < 1.29 is 22.7 Å². The Bertz CT molecular complexity index is 1510. The molecule has 0 bridgehead atoms. The minimum absolute atomic E-state index is 0.0477. The zero-order chi connectivity index (χ0) is 31.0. The van der Waals surface area contributed by atoms with Gasteiger partial charge in [0.05, 0.1) is 19.1 Å². The average Bonchev–Trinajstić information content (AvgIpc) is 2.99. The molecule has 0 saturated heterocycles. The standard InChI is InChI=1S/C33H40BrN3O5S/c1-24-19-28(17-18-30(24)34)37(43(3,40)41)23-32(38)36(22-26-13-10-16-29(20-26)42-2)31(21-25-11-6-4-7-12-25)33(39)35-27-14-8-5-9-15-27/h4,6-7,10-13,16-20,27,31H,5,8-9,14-15,21-23H2,1-3H3,(H,35,39)/t31-/m0/s1. The van der Waals surface area contributed by atoms with Crippen molar-refractivity contribution >= 4 is 43.5 Å². The minimum atomic E-state index is -3.84. The van der Waals surface area contributed by atoms with Crippen LogP contribution in [-0.4, -0.2) is 57.1 Å². The quantitative estimate of drug-likeness (QED) is 0.270. The fourth-order valence-electron chi connectivity index (χ4n) is 5.46. The van der Waals surface area contributed by atoms with E-state index >= 15 is 0 Å². The number of methoxy groups -OCH3 is 1. The number of rotatable bonds is 12. The summed E-state index contributed by atoms with van der Waals surface area (Å²) in [6.07, 6.45) is 6.42. The first-order valence-corrected chi connectivity index (χ1v) is 17.2. The van der Waals surface area contributed by atoms with Crippen molar-refractivity contribution in [2.24, 2.45) is 0 Å². The van der Waals surface area contributed by atoms with Crippen LogP contribution in [0.3, 0.4) is 0 Å². The number of hydrogen-bond donors (Lipinski definition) is 1. The highest BCUT2D eigenvalue weighted by molar-refractivity contribution is 9.10. The summed E-state index contributed by atoms with van der Waals surface area (Å²) in [5.74, 6) is -0.0924. The molecule has 3 aromatic carbocycles. The summed E-state index contributed by atoms with van der Waals surface area (Å²) in [7, 11) is -2.27. The van der Waals surface area contributed by atoms with Crippen LogP contribution in [0.4, 0.5) is 5.69 Å². The maximum atomic E-state index is 14.3. The summed E-state index contributed by atoms with van der Waals surface area (Å²) in [4.78, 5) is 29.9. The predicted octanol–water partition coefficient (Wildman–Crippen LogP) is 5.62. The zero-order valence-electron chi connectivity index (χ0n) is 25.0. The highest BCUT2D eigenvalue weighted by Crippen LogP contribution is 2.26. The molecule has 0 unspecified atom stereocenters. The Morgan fingerprint density at radius 3 is 2.33 bits per heavy atom. The number of nitrogens with one attached hydrogen (secondary N) is 1. The van der Waals surface area contributed by atoms with Crippen LogP contribution >= 0.6 is 15.9 Å². The largest absolute Gasteiger partial charge is 0.497 e. The Hall–Kier alpha value is -3.37. The van der Waals surface area contributed by atoms with E-state index in [9.17, 15) is 18.0 Å². The number of halogens is 1. The molecule has 8 nitrogen and oxygen atoms in total. The highest BCUT2D eigenvalue weighted by Gasteiger charge is 2.34. The van der Waals surface area contributed by atoms with Gasteiger partial charge < -0.3 is 15.0 Å². The second-order valence-corrected chi connectivity index (χ2v) is 13.9. The van der Waals surface area contributed by atoms with Crippen LogP contribution in [0, 0.1) is 6.92 Å². The van der Waals surface area contributed by atoms with Crippen molar-refractivity contribution in [3.05, 3.63) is 94.0 Å². The normalized spacial score (nSPS) is 14.5. The molecule has 4 rings (SSSR count). The molecule has 1 aliphatic rings. The number of carbonyl (C=O) groups is 2. The summed E-state index contributed by atoms with van der Waals surface area (Å²) in [6, 6.07) is 21.2. The number of aryl methyl sites for hydroxylation is 1. The Morgan fingerprint density at radius 1 is 0.977 bits per heavy atom. The number of nitrogens with zero attached hydrogens (tertiary/aromatic N) is 2. The molecule has 1 N–H and O–H groups in total. The van der Waals surface area contributed by atoms with Gasteiger partial charge in [-0.1, -0.05) is 77.7 Å². The first-order valence-electron chi connectivity index (χ1n) is 14.6. The lowest BCUT2D eigenvalue weighted by Crippen LogP contribution is -2.55. The molecule has 1 aliphatic carbocycles. The maximum Gasteiger partial charge on any atom is 0.244 e. The molecule has 0 radical (unpaired) electrons. The Labute approximate surface area is 263 Å². The predicted molar refractivity (Wildman–Crippen MR) is 174 cm³/mol. The van der Waals surface area contributed by atoms with Crippen LogP contribution in [0.15, 0.2) is 77.3 Å². The van der Waals surface area contributed by atoms with Crippen LogP contribution in [0.5, 0.6) is 5.75 Å². The molecular weight excluding hydrogens is 630 g/mol. The molecule has 0 aliphatic heterocycles. The van der Waals surface area contributed by atoms with Crippen molar-refractivity contribution in [3.8, 4) is 5.75 Å². The van der Waals surface area contributed by atoms with E-state index < -0.39 is 28.5 Å². The van der Waals surface area contributed by atoms with Crippen molar-refractivity contribution in [1.29, 1.82) is 0 Å². The average molecular weight is 671 g/mol. The Morgan fingerprint density at radius 2 is 1.67 bits per heavy atom. The van der Waals surface area contributed by atoms with Gasteiger partial charge in [-0.25, -0.2) is 8.42 Å². The first-order chi connectivity index (χ1) is 20.5. The van der Waals surface area contributed by atoms with Crippen molar-refractivity contribution in [2.75, 3.05) is 24.2 Å². The Balaban J connectivity index is 1.74. The van der Waals surface area contributed by atoms with Crippen LogP contribution < -0.4 is 14.4 Å². The Kier molecular flexibility index (Phi) is 11.3. The van der Waals surface area contributed by atoms with E-state index in [4.69, 9.17) is 4.74 Å². The molecule has 0 heterocycles. The molecule has 0 aromatic heterocycles. The summed E-state index contributed by atoms with van der Waals surface area (Å²) in [6.45, 7) is 1.50. The number of amides is 2. The number of anilines is 1. The number of benzene rings is 3. The van der Waals surface area contributed by atoms with E-state index in [2.05, 4.69) is 21.2 Å². The molecule has 10 heteroatoms. The van der Waals surface area contributed by atoms with E-state index in [1.165, 1.54) is 4.90 Å². The van der Waals surface area contributed by atoms with Gasteiger partial charge in [-0.2, -0.15) is 0 Å². The molecule has 3 aromatic rings. The topological polar surface area (TPSA) is 96.0 Å². The summed E-state index contributed by atoms with van der Waals surface area (Å²) >= 11 is 3.46. The molecule has 43 heavy (non-hydrogen) atoms. The molecule has 1 atom stereocenters. The molecule has 230 valence electrons. The van der Waals surface area contributed by atoms with Crippen molar-refractivity contribution in [2.45, 2.75) is 64.1 Å². The highest BCUT2D eigenvalue weighted by atomic mass is 79.9. The van der Waals surface area contributed by atoms with E-state index in [1.807, 2.05) is 61.5 Å². The van der Waals surface area contributed by atoms with Gasteiger partial charge in [0.25, 0.3) is 0 Å². The monoisotopic (exact) mass is 669 g/mol. The maximum absolute atomic E-state index is 14.3. The smallest absolute Gasteiger partial charge is 0.244 e. The fourth-order valence-corrected chi connectivity index (χ4v) is 6.55. The molecule has 1 saturated carbocycles.